The molecule has 0 spiro atoms. The molecule has 3 aromatic carbocycles. The Morgan fingerprint density at radius 3 is 0.526 bits per heavy atom. The molecule has 0 aliphatic carbocycles. The monoisotopic (exact) mass is 676 g/mol. The Hall–Kier alpha value is -1.69. The molecule has 12 nitrogen and oxygen atoms in total. The summed E-state index contributed by atoms with van der Waals surface area (Å²) in [6.07, 6.45) is 0. The molecule has 3 aromatic rings. The van der Waals surface area contributed by atoms with E-state index in [1.807, 2.05) is 54.6 Å². The Labute approximate surface area is 245 Å². The summed E-state index contributed by atoms with van der Waals surface area (Å²) in [5, 5.41) is 0. The molecule has 0 saturated heterocycles. The third-order valence-electron chi connectivity index (χ3n) is 2.82. The second-order valence-electron chi connectivity index (χ2n) is 6.19. The first-order valence-electron chi connectivity index (χ1n) is 9.23. The van der Waals surface area contributed by atoms with E-state index in [1.165, 1.54) is 16.7 Å². The molecule has 0 amide bonds. The zero-order valence-corrected chi connectivity index (χ0v) is 24.6. The first-order chi connectivity index (χ1) is 16.2. The molecule has 0 bridgehead atoms. The molecule has 0 saturated carbocycles. The van der Waals surface area contributed by atoms with Gasteiger partial charge in [-0.2, -0.15) is 0 Å². The van der Waals surface area contributed by atoms with E-state index in [-0.39, 0.29) is 34.1 Å². The van der Waals surface area contributed by atoms with Gasteiger partial charge in [0.15, 0.2) is 0 Å². The second-order valence-corrected chi connectivity index (χ2v) is 8.64. The van der Waals surface area contributed by atoms with Crippen LogP contribution in [0.1, 0.15) is 16.7 Å². The van der Waals surface area contributed by atoms with Gasteiger partial charge in [0.1, 0.15) is 0 Å². The Kier molecular flexibility index (Phi) is 31.1. The van der Waals surface area contributed by atoms with Gasteiger partial charge >= 0.3 is 34.1 Å². The molecule has 38 heavy (non-hydrogen) atoms. The SMILES string of the molecule is Cc1ccccc1.Cc1ccccc1.Cc1ccccc1.O=S(=O)([O-])[O-].O=S(=O)([O-])[O-].O=S(=O)([O-])[O-].[Fe+3].[Fe+3]. The molecule has 0 aliphatic rings. The van der Waals surface area contributed by atoms with Gasteiger partial charge in [-0.3, -0.25) is 25.3 Å². The maximum Gasteiger partial charge on any atom is 3.00 e. The largest absolute Gasteiger partial charge is 3.00 e. The van der Waals surface area contributed by atoms with E-state index in [4.69, 9.17) is 52.6 Å². The van der Waals surface area contributed by atoms with Gasteiger partial charge in [0.25, 0.3) is 0 Å². The number of hydrogen-bond donors (Lipinski definition) is 0. The summed E-state index contributed by atoms with van der Waals surface area (Å²) in [7, 11) is -15.5. The maximum atomic E-state index is 8.52. The van der Waals surface area contributed by atoms with E-state index >= 15 is 0 Å². The number of benzene rings is 3. The van der Waals surface area contributed by atoms with Crippen molar-refractivity contribution >= 4 is 31.2 Å². The number of aryl methyl sites for hydroxylation is 3. The van der Waals surface area contributed by atoms with Crippen molar-refractivity contribution in [1.29, 1.82) is 0 Å². The van der Waals surface area contributed by atoms with E-state index in [0.717, 1.165) is 0 Å². The van der Waals surface area contributed by atoms with Crippen molar-refractivity contribution in [3.8, 4) is 0 Å². The molecule has 0 aliphatic heterocycles. The summed E-state index contributed by atoms with van der Waals surface area (Å²) in [6.45, 7) is 6.25. The van der Waals surface area contributed by atoms with E-state index in [2.05, 4.69) is 57.2 Å². The molecule has 2 radical (unpaired) electrons. The normalized spacial score (nSPS) is 9.39. The molecule has 0 N–H and O–H groups in total. The fraction of sp³-hybridized carbons (Fsp3) is 0.143. The van der Waals surface area contributed by atoms with Gasteiger partial charge in [-0.1, -0.05) is 108 Å². The molecular weight excluding hydrogens is 652 g/mol. The van der Waals surface area contributed by atoms with Crippen LogP contribution in [0.5, 0.6) is 0 Å². The van der Waals surface area contributed by atoms with Gasteiger partial charge in [0.05, 0.1) is 0 Å². The second kappa shape index (κ2) is 25.6. The van der Waals surface area contributed by atoms with Crippen LogP contribution in [0.4, 0.5) is 0 Å². The average Bonchev–Trinajstić information content (AvgIpc) is 2.67. The van der Waals surface area contributed by atoms with Crippen molar-refractivity contribution < 1.29 is 86.7 Å². The van der Waals surface area contributed by atoms with Crippen LogP contribution in [0.3, 0.4) is 0 Å². The van der Waals surface area contributed by atoms with Crippen molar-refractivity contribution in [3.05, 3.63) is 108 Å². The van der Waals surface area contributed by atoms with Gasteiger partial charge in [-0.25, -0.2) is 0 Å². The molecule has 0 fully saturated rings. The Bertz CT molecular complexity index is 1060. The van der Waals surface area contributed by atoms with Gasteiger partial charge in [0.2, 0.25) is 0 Å². The van der Waals surface area contributed by atoms with Crippen LogP contribution in [-0.4, -0.2) is 52.6 Å². The summed E-state index contributed by atoms with van der Waals surface area (Å²) < 4.78 is 102. The van der Waals surface area contributed by atoms with E-state index in [0.29, 0.717) is 0 Å². The van der Waals surface area contributed by atoms with Crippen molar-refractivity contribution in [2.75, 3.05) is 0 Å². The molecule has 0 atom stereocenters. The van der Waals surface area contributed by atoms with Crippen LogP contribution in [0.25, 0.3) is 0 Å². The minimum absolute atomic E-state index is 0. The summed E-state index contributed by atoms with van der Waals surface area (Å²) in [5.41, 5.74) is 3.97. The van der Waals surface area contributed by atoms with Crippen LogP contribution in [0.15, 0.2) is 91.0 Å². The third-order valence-corrected chi connectivity index (χ3v) is 2.82. The molecule has 17 heteroatoms. The van der Waals surface area contributed by atoms with Crippen LogP contribution in [-0.2, 0) is 65.3 Å². The summed E-state index contributed by atoms with van der Waals surface area (Å²) in [4.78, 5) is 0. The van der Waals surface area contributed by atoms with Crippen molar-refractivity contribution in [3.63, 3.8) is 0 Å². The number of hydrogen-bond acceptors (Lipinski definition) is 12. The summed E-state index contributed by atoms with van der Waals surface area (Å²) in [5.74, 6) is 0. The molecule has 0 unspecified atom stereocenters. The number of rotatable bonds is 0. The Balaban J connectivity index is -0.000000115. The summed E-state index contributed by atoms with van der Waals surface area (Å²) in [6, 6.07) is 30.8. The first kappa shape index (κ1) is 46.2. The van der Waals surface area contributed by atoms with Crippen molar-refractivity contribution in [1.82, 2.24) is 0 Å². The van der Waals surface area contributed by atoms with Crippen LogP contribution in [0, 0.1) is 20.8 Å². The molecule has 3 rings (SSSR count). The zero-order chi connectivity index (χ0) is 28.8. The van der Waals surface area contributed by atoms with E-state index < -0.39 is 31.2 Å². The van der Waals surface area contributed by atoms with Crippen molar-refractivity contribution in [2.45, 2.75) is 20.8 Å². The zero-order valence-electron chi connectivity index (χ0n) is 20.0. The fourth-order valence-corrected chi connectivity index (χ4v) is 1.60. The van der Waals surface area contributed by atoms with Gasteiger partial charge in [0, 0.05) is 31.2 Å². The molecule has 0 heterocycles. The topological polar surface area (TPSA) is 241 Å². The predicted molar refractivity (Wildman–Crippen MR) is 125 cm³/mol. The maximum absolute atomic E-state index is 8.52. The van der Waals surface area contributed by atoms with Crippen molar-refractivity contribution in [2.24, 2.45) is 0 Å². The predicted octanol–water partition coefficient (Wildman–Crippen LogP) is 1.97. The molecular formula is C21H24Fe2O12S3. The Morgan fingerprint density at radius 2 is 0.474 bits per heavy atom. The Morgan fingerprint density at radius 1 is 0.368 bits per heavy atom. The standard InChI is InChI=1S/3C7H8.2Fe.3H2O4S/c3*1-7-5-3-2-4-6-7;;;3*1-5(2,3)4/h3*2-6H,1H3;;;3*(H2,1,2,3,4)/q;;;2*+3;;;/p-6. The average molecular weight is 676 g/mol. The van der Waals surface area contributed by atoms with Crippen LogP contribution in [0.2, 0.25) is 0 Å². The van der Waals surface area contributed by atoms with Crippen LogP contribution >= 0.6 is 0 Å². The molecule has 0 aromatic heterocycles. The fourth-order valence-electron chi connectivity index (χ4n) is 1.60. The van der Waals surface area contributed by atoms with E-state index in [9.17, 15) is 0 Å². The quantitative estimate of drug-likeness (QED) is 0.189. The van der Waals surface area contributed by atoms with E-state index in [1.54, 1.807) is 0 Å². The minimum Gasteiger partial charge on any atom is -0.759 e. The van der Waals surface area contributed by atoms with Gasteiger partial charge in [-0.05, 0) is 20.8 Å². The third kappa shape index (κ3) is 76.5. The van der Waals surface area contributed by atoms with Gasteiger partial charge < -0.3 is 27.3 Å². The van der Waals surface area contributed by atoms with Crippen LogP contribution < -0.4 is 0 Å². The smallest absolute Gasteiger partial charge is 0.759 e. The summed E-state index contributed by atoms with van der Waals surface area (Å²) >= 11 is 0. The molecule has 214 valence electrons. The first-order valence-corrected chi connectivity index (χ1v) is 13.2. The minimum atomic E-state index is -5.17. The van der Waals surface area contributed by atoms with Gasteiger partial charge in [-0.15, -0.1) is 0 Å².